The van der Waals surface area contributed by atoms with Crippen LogP contribution in [-0.2, 0) is 5.54 Å². The number of piperidine rings is 1. The van der Waals surface area contributed by atoms with Gasteiger partial charge in [0.05, 0.1) is 11.8 Å². The SMILES string of the molecule is CN1CCCCC1(CN)c1ccco1. The third-order valence-corrected chi connectivity index (χ3v) is 3.38. The third kappa shape index (κ3) is 1.37. The average molecular weight is 194 g/mol. The molecule has 0 amide bonds. The van der Waals surface area contributed by atoms with Crippen LogP contribution < -0.4 is 5.73 Å². The summed E-state index contributed by atoms with van der Waals surface area (Å²) in [6, 6.07) is 3.98. The van der Waals surface area contributed by atoms with E-state index in [0.29, 0.717) is 6.54 Å². The number of furan rings is 1. The second-order valence-electron chi connectivity index (χ2n) is 4.09. The van der Waals surface area contributed by atoms with Crippen molar-refractivity contribution in [2.75, 3.05) is 20.1 Å². The molecule has 1 fully saturated rings. The molecule has 0 spiro atoms. The van der Waals surface area contributed by atoms with E-state index in [1.807, 2.05) is 12.1 Å². The van der Waals surface area contributed by atoms with Crippen molar-refractivity contribution in [1.29, 1.82) is 0 Å². The maximum absolute atomic E-state index is 5.92. The fourth-order valence-electron chi connectivity index (χ4n) is 2.38. The van der Waals surface area contributed by atoms with Gasteiger partial charge in [-0.15, -0.1) is 0 Å². The molecular formula is C11H18N2O. The van der Waals surface area contributed by atoms with Crippen LogP contribution in [0.3, 0.4) is 0 Å². The van der Waals surface area contributed by atoms with Gasteiger partial charge in [-0.3, -0.25) is 4.90 Å². The molecule has 1 aliphatic heterocycles. The maximum Gasteiger partial charge on any atom is 0.125 e. The van der Waals surface area contributed by atoms with Crippen molar-refractivity contribution in [2.24, 2.45) is 5.73 Å². The molecule has 0 aliphatic carbocycles. The molecule has 0 aromatic carbocycles. The molecule has 0 bridgehead atoms. The highest BCUT2D eigenvalue weighted by Crippen LogP contribution is 2.35. The summed E-state index contributed by atoms with van der Waals surface area (Å²) in [6.45, 7) is 1.74. The maximum atomic E-state index is 5.92. The summed E-state index contributed by atoms with van der Waals surface area (Å²) in [4.78, 5) is 2.33. The van der Waals surface area contributed by atoms with Gasteiger partial charge in [0.25, 0.3) is 0 Å². The lowest BCUT2D eigenvalue weighted by Crippen LogP contribution is -2.51. The van der Waals surface area contributed by atoms with Gasteiger partial charge in [-0.2, -0.15) is 0 Å². The second-order valence-corrected chi connectivity index (χ2v) is 4.09. The van der Waals surface area contributed by atoms with Gasteiger partial charge < -0.3 is 10.2 Å². The zero-order valence-electron chi connectivity index (χ0n) is 8.70. The van der Waals surface area contributed by atoms with E-state index < -0.39 is 0 Å². The first kappa shape index (κ1) is 9.74. The molecule has 1 atom stereocenters. The van der Waals surface area contributed by atoms with Crippen LogP contribution in [0.15, 0.2) is 22.8 Å². The highest BCUT2D eigenvalue weighted by Gasteiger charge is 2.39. The van der Waals surface area contributed by atoms with Crippen LogP contribution in [0, 0.1) is 0 Å². The van der Waals surface area contributed by atoms with Gasteiger partial charge in [0.15, 0.2) is 0 Å². The molecular weight excluding hydrogens is 176 g/mol. The Labute approximate surface area is 84.9 Å². The first-order chi connectivity index (χ1) is 6.79. The van der Waals surface area contributed by atoms with E-state index in [-0.39, 0.29) is 5.54 Å². The van der Waals surface area contributed by atoms with Crippen LogP contribution in [0.1, 0.15) is 25.0 Å². The quantitative estimate of drug-likeness (QED) is 0.776. The van der Waals surface area contributed by atoms with Crippen LogP contribution >= 0.6 is 0 Å². The number of likely N-dealkylation sites (tertiary alicyclic amines) is 1. The topological polar surface area (TPSA) is 42.4 Å². The van der Waals surface area contributed by atoms with Gasteiger partial charge >= 0.3 is 0 Å². The summed E-state index contributed by atoms with van der Waals surface area (Å²) in [5.41, 5.74) is 5.86. The summed E-state index contributed by atoms with van der Waals surface area (Å²) < 4.78 is 5.52. The number of nitrogens with zero attached hydrogens (tertiary/aromatic N) is 1. The Bertz CT molecular complexity index is 283. The van der Waals surface area contributed by atoms with Crippen molar-refractivity contribution in [3.63, 3.8) is 0 Å². The standard InChI is InChI=1S/C11H18N2O/c1-13-7-3-2-6-11(13,9-12)10-5-4-8-14-10/h4-5,8H,2-3,6-7,9,12H2,1H3. The van der Waals surface area contributed by atoms with E-state index >= 15 is 0 Å². The van der Waals surface area contributed by atoms with E-state index in [1.165, 1.54) is 12.8 Å². The zero-order chi connectivity index (χ0) is 10.0. The lowest BCUT2D eigenvalue weighted by Gasteiger charge is -2.43. The summed E-state index contributed by atoms with van der Waals surface area (Å²) in [5.74, 6) is 1.02. The van der Waals surface area contributed by atoms with Gasteiger partial charge in [-0.25, -0.2) is 0 Å². The lowest BCUT2D eigenvalue weighted by atomic mass is 9.85. The number of hydrogen-bond donors (Lipinski definition) is 1. The second kappa shape index (κ2) is 3.75. The summed E-state index contributed by atoms with van der Waals surface area (Å²) in [6.07, 6.45) is 5.34. The molecule has 1 aromatic rings. The van der Waals surface area contributed by atoms with Crippen molar-refractivity contribution < 1.29 is 4.42 Å². The minimum absolute atomic E-state index is 0.0538. The Balaban J connectivity index is 2.32. The third-order valence-electron chi connectivity index (χ3n) is 3.38. The Kier molecular flexibility index (Phi) is 2.61. The Morgan fingerprint density at radius 2 is 2.43 bits per heavy atom. The molecule has 78 valence electrons. The Hall–Kier alpha value is -0.800. The molecule has 1 saturated heterocycles. The van der Waals surface area contributed by atoms with Gasteiger partial charge in [-0.05, 0) is 45.0 Å². The van der Waals surface area contributed by atoms with Gasteiger partial charge in [0, 0.05) is 6.54 Å². The molecule has 1 aromatic heterocycles. The first-order valence-electron chi connectivity index (χ1n) is 5.25. The van der Waals surface area contributed by atoms with Crippen molar-refractivity contribution in [3.05, 3.63) is 24.2 Å². The average Bonchev–Trinajstić information content (AvgIpc) is 2.72. The molecule has 2 N–H and O–H groups in total. The van der Waals surface area contributed by atoms with Crippen LogP contribution in [0.5, 0.6) is 0 Å². The van der Waals surface area contributed by atoms with Crippen LogP contribution in [0.2, 0.25) is 0 Å². The molecule has 0 radical (unpaired) electrons. The highest BCUT2D eigenvalue weighted by molar-refractivity contribution is 5.14. The van der Waals surface area contributed by atoms with E-state index in [1.54, 1.807) is 6.26 Å². The van der Waals surface area contributed by atoms with Crippen molar-refractivity contribution >= 4 is 0 Å². The fourth-order valence-corrected chi connectivity index (χ4v) is 2.38. The molecule has 1 unspecified atom stereocenters. The van der Waals surface area contributed by atoms with E-state index in [4.69, 9.17) is 10.2 Å². The first-order valence-corrected chi connectivity index (χ1v) is 5.25. The predicted octanol–water partition coefficient (Wildman–Crippen LogP) is 1.55. The summed E-state index contributed by atoms with van der Waals surface area (Å²) in [5, 5.41) is 0. The minimum Gasteiger partial charge on any atom is -0.467 e. The smallest absolute Gasteiger partial charge is 0.125 e. The van der Waals surface area contributed by atoms with E-state index in [2.05, 4.69) is 11.9 Å². The predicted molar refractivity (Wildman–Crippen MR) is 55.9 cm³/mol. The molecule has 2 rings (SSSR count). The molecule has 3 nitrogen and oxygen atoms in total. The van der Waals surface area contributed by atoms with Gasteiger partial charge in [0.2, 0.25) is 0 Å². The largest absolute Gasteiger partial charge is 0.467 e. The molecule has 14 heavy (non-hydrogen) atoms. The fraction of sp³-hybridized carbons (Fsp3) is 0.636. The van der Waals surface area contributed by atoms with Crippen molar-refractivity contribution in [1.82, 2.24) is 4.90 Å². The van der Waals surface area contributed by atoms with E-state index in [9.17, 15) is 0 Å². The van der Waals surface area contributed by atoms with E-state index in [0.717, 1.165) is 18.7 Å². The Morgan fingerprint density at radius 1 is 1.57 bits per heavy atom. The normalized spacial score (nSPS) is 29.3. The number of hydrogen-bond acceptors (Lipinski definition) is 3. The van der Waals surface area contributed by atoms with Crippen molar-refractivity contribution in [2.45, 2.75) is 24.8 Å². The molecule has 1 aliphatic rings. The van der Waals surface area contributed by atoms with Crippen LogP contribution in [0.25, 0.3) is 0 Å². The Morgan fingerprint density at radius 3 is 3.00 bits per heavy atom. The van der Waals surface area contributed by atoms with Crippen LogP contribution in [-0.4, -0.2) is 25.0 Å². The molecule has 3 heteroatoms. The minimum atomic E-state index is -0.0538. The van der Waals surface area contributed by atoms with Gasteiger partial charge in [0.1, 0.15) is 5.76 Å². The lowest BCUT2D eigenvalue weighted by molar-refractivity contribution is 0.0574. The monoisotopic (exact) mass is 194 g/mol. The van der Waals surface area contributed by atoms with Crippen LogP contribution in [0.4, 0.5) is 0 Å². The number of likely N-dealkylation sites (N-methyl/N-ethyl adjacent to an activating group) is 1. The van der Waals surface area contributed by atoms with Crippen molar-refractivity contribution in [3.8, 4) is 0 Å². The molecule has 2 heterocycles. The van der Waals surface area contributed by atoms with Gasteiger partial charge in [-0.1, -0.05) is 0 Å². The summed E-state index contributed by atoms with van der Waals surface area (Å²) in [7, 11) is 2.13. The number of rotatable bonds is 2. The zero-order valence-corrected chi connectivity index (χ0v) is 8.70. The number of nitrogens with two attached hydrogens (primary N) is 1. The molecule has 0 saturated carbocycles. The summed E-state index contributed by atoms with van der Waals surface area (Å²) >= 11 is 0. The highest BCUT2D eigenvalue weighted by atomic mass is 16.3.